The van der Waals surface area contributed by atoms with Crippen molar-refractivity contribution in [3.05, 3.63) is 17.2 Å². The van der Waals surface area contributed by atoms with Crippen LogP contribution in [-0.4, -0.2) is 25.3 Å². The molecule has 0 amide bonds. The maximum atomic E-state index is 11.8. The van der Waals surface area contributed by atoms with Crippen molar-refractivity contribution in [2.24, 2.45) is 0 Å². The average Bonchev–Trinajstić information content (AvgIpc) is 2.66. The molecule has 0 bridgehead atoms. The zero-order valence-electron chi connectivity index (χ0n) is 10.6. The van der Waals surface area contributed by atoms with Crippen LogP contribution in [0.4, 0.5) is 0 Å². The van der Waals surface area contributed by atoms with Gasteiger partial charge in [-0.05, 0) is 12.5 Å². The van der Waals surface area contributed by atoms with Crippen LogP contribution in [0.2, 0.25) is 0 Å². The van der Waals surface area contributed by atoms with Crippen LogP contribution in [-0.2, 0) is 4.74 Å². The number of methoxy groups -OCH3 is 2. The molecule has 1 heterocycles. The monoisotopic (exact) mass is 252 g/mol. The number of carbonyl (C=O) groups excluding carboxylic acids is 1. The molecule has 0 spiro atoms. The van der Waals surface area contributed by atoms with Crippen LogP contribution in [0, 0.1) is 0 Å². The van der Waals surface area contributed by atoms with Gasteiger partial charge in [0.1, 0.15) is 11.7 Å². The molecule has 1 atom stereocenters. The SMILES string of the molecule is CCCC1OC(=O)c2c1cc(OC)c(OC)c2O. The summed E-state index contributed by atoms with van der Waals surface area (Å²) in [4.78, 5) is 11.8. The maximum absolute atomic E-state index is 11.8. The van der Waals surface area contributed by atoms with E-state index in [0.29, 0.717) is 17.7 Å². The summed E-state index contributed by atoms with van der Waals surface area (Å²) >= 11 is 0. The third kappa shape index (κ3) is 1.75. The Morgan fingerprint density at radius 3 is 2.67 bits per heavy atom. The highest BCUT2D eigenvalue weighted by Crippen LogP contribution is 2.47. The predicted molar refractivity (Wildman–Crippen MR) is 64.3 cm³/mol. The van der Waals surface area contributed by atoms with Gasteiger partial charge in [-0.2, -0.15) is 0 Å². The molecule has 0 saturated heterocycles. The molecule has 1 N–H and O–H groups in total. The Bertz CT molecular complexity index is 481. The van der Waals surface area contributed by atoms with Crippen LogP contribution in [0.5, 0.6) is 17.2 Å². The van der Waals surface area contributed by atoms with Gasteiger partial charge in [0, 0.05) is 5.56 Å². The van der Waals surface area contributed by atoms with Crippen molar-refractivity contribution >= 4 is 5.97 Å². The van der Waals surface area contributed by atoms with Gasteiger partial charge in [-0.3, -0.25) is 0 Å². The van der Waals surface area contributed by atoms with E-state index in [9.17, 15) is 9.90 Å². The Kier molecular flexibility index (Phi) is 3.32. The summed E-state index contributed by atoms with van der Waals surface area (Å²) in [6, 6.07) is 1.69. The lowest BCUT2D eigenvalue weighted by atomic mass is 10.00. The molecule has 0 radical (unpaired) electrons. The standard InChI is InChI=1S/C13H16O5/c1-4-5-8-7-6-9(16-2)12(17-3)11(14)10(7)13(15)18-8/h6,8,14H,4-5H2,1-3H3. The first-order valence-corrected chi connectivity index (χ1v) is 5.82. The average molecular weight is 252 g/mol. The van der Waals surface area contributed by atoms with Gasteiger partial charge in [0.15, 0.2) is 11.5 Å². The number of phenolic OH excluding ortho intramolecular Hbond substituents is 1. The molecule has 1 aromatic carbocycles. The van der Waals surface area contributed by atoms with E-state index in [0.717, 1.165) is 6.42 Å². The normalized spacial score (nSPS) is 17.3. The second-order valence-electron chi connectivity index (χ2n) is 4.11. The molecule has 5 nitrogen and oxygen atoms in total. The summed E-state index contributed by atoms with van der Waals surface area (Å²) in [7, 11) is 2.89. The predicted octanol–water partition coefficient (Wildman–Crippen LogP) is 2.42. The van der Waals surface area contributed by atoms with Crippen molar-refractivity contribution in [3.8, 4) is 17.2 Å². The van der Waals surface area contributed by atoms with Crippen LogP contribution < -0.4 is 9.47 Å². The van der Waals surface area contributed by atoms with Crippen molar-refractivity contribution in [3.63, 3.8) is 0 Å². The van der Waals surface area contributed by atoms with E-state index in [4.69, 9.17) is 14.2 Å². The zero-order valence-corrected chi connectivity index (χ0v) is 10.6. The molecular weight excluding hydrogens is 236 g/mol. The first kappa shape index (κ1) is 12.5. The van der Waals surface area contributed by atoms with Gasteiger partial charge in [-0.25, -0.2) is 4.79 Å². The van der Waals surface area contributed by atoms with Crippen LogP contribution >= 0.6 is 0 Å². The lowest BCUT2D eigenvalue weighted by Gasteiger charge is -2.13. The summed E-state index contributed by atoms with van der Waals surface area (Å²) < 4.78 is 15.4. The topological polar surface area (TPSA) is 65.0 Å². The number of hydrogen-bond acceptors (Lipinski definition) is 5. The Balaban J connectivity index is 2.59. The highest BCUT2D eigenvalue weighted by Gasteiger charge is 2.36. The minimum Gasteiger partial charge on any atom is -0.504 e. The van der Waals surface area contributed by atoms with Gasteiger partial charge < -0.3 is 19.3 Å². The molecule has 98 valence electrons. The lowest BCUT2D eigenvalue weighted by molar-refractivity contribution is 0.0365. The maximum Gasteiger partial charge on any atom is 0.343 e. The minimum absolute atomic E-state index is 0.158. The molecule has 1 aliphatic heterocycles. The van der Waals surface area contributed by atoms with Gasteiger partial charge in [-0.1, -0.05) is 13.3 Å². The number of aromatic hydroxyl groups is 1. The second-order valence-corrected chi connectivity index (χ2v) is 4.11. The highest BCUT2D eigenvalue weighted by molar-refractivity contribution is 5.98. The fraction of sp³-hybridized carbons (Fsp3) is 0.462. The molecule has 1 unspecified atom stereocenters. The Morgan fingerprint density at radius 2 is 2.11 bits per heavy atom. The van der Waals surface area contributed by atoms with E-state index in [1.54, 1.807) is 6.07 Å². The smallest absolute Gasteiger partial charge is 0.343 e. The van der Waals surface area contributed by atoms with E-state index in [1.165, 1.54) is 14.2 Å². The number of fused-ring (bicyclic) bond motifs is 1. The first-order chi connectivity index (χ1) is 8.63. The molecule has 1 aliphatic rings. The van der Waals surface area contributed by atoms with Gasteiger partial charge in [-0.15, -0.1) is 0 Å². The molecule has 1 aromatic rings. The molecule has 0 aliphatic carbocycles. The molecule has 0 aromatic heterocycles. The quantitative estimate of drug-likeness (QED) is 0.834. The fourth-order valence-corrected chi connectivity index (χ4v) is 2.19. The van der Waals surface area contributed by atoms with E-state index >= 15 is 0 Å². The number of cyclic esters (lactones) is 1. The molecule has 18 heavy (non-hydrogen) atoms. The summed E-state index contributed by atoms with van der Waals surface area (Å²) in [5.74, 6) is -0.171. The third-order valence-electron chi connectivity index (χ3n) is 3.03. The first-order valence-electron chi connectivity index (χ1n) is 5.82. The minimum atomic E-state index is -0.512. The van der Waals surface area contributed by atoms with Crippen molar-refractivity contribution in [1.82, 2.24) is 0 Å². The lowest BCUT2D eigenvalue weighted by Crippen LogP contribution is -1.98. The van der Waals surface area contributed by atoms with Crippen LogP contribution in [0.3, 0.4) is 0 Å². The Morgan fingerprint density at radius 1 is 1.39 bits per heavy atom. The summed E-state index contributed by atoms with van der Waals surface area (Å²) in [6.45, 7) is 2.01. The Hall–Kier alpha value is -1.91. The van der Waals surface area contributed by atoms with Crippen molar-refractivity contribution < 1.29 is 24.1 Å². The summed E-state index contributed by atoms with van der Waals surface area (Å²) in [5.41, 5.74) is 0.850. The zero-order chi connectivity index (χ0) is 13.3. The van der Waals surface area contributed by atoms with Gasteiger partial charge >= 0.3 is 5.97 Å². The van der Waals surface area contributed by atoms with Crippen molar-refractivity contribution in [1.29, 1.82) is 0 Å². The van der Waals surface area contributed by atoms with Crippen molar-refractivity contribution in [2.75, 3.05) is 14.2 Å². The second kappa shape index (κ2) is 4.76. The number of ether oxygens (including phenoxy) is 3. The van der Waals surface area contributed by atoms with E-state index in [-0.39, 0.29) is 23.2 Å². The van der Waals surface area contributed by atoms with Crippen LogP contribution in [0.15, 0.2) is 6.07 Å². The van der Waals surface area contributed by atoms with Gasteiger partial charge in [0.2, 0.25) is 5.75 Å². The number of rotatable bonds is 4. The summed E-state index contributed by atoms with van der Waals surface area (Å²) in [5, 5.41) is 10.1. The van der Waals surface area contributed by atoms with E-state index in [2.05, 4.69) is 0 Å². The number of phenols is 1. The largest absolute Gasteiger partial charge is 0.504 e. The molecular formula is C13H16O5. The number of hydrogen-bond donors (Lipinski definition) is 1. The Labute approximate surface area is 105 Å². The highest BCUT2D eigenvalue weighted by atomic mass is 16.6. The molecule has 0 saturated carbocycles. The van der Waals surface area contributed by atoms with Gasteiger partial charge in [0.25, 0.3) is 0 Å². The van der Waals surface area contributed by atoms with Gasteiger partial charge in [0.05, 0.1) is 14.2 Å². The fourth-order valence-electron chi connectivity index (χ4n) is 2.19. The number of carbonyl (C=O) groups is 1. The van der Waals surface area contributed by atoms with Crippen LogP contribution in [0.25, 0.3) is 0 Å². The molecule has 2 rings (SSSR count). The number of benzene rings is 1. The molecule has 0 fully saturated rings. The molecule has 5 heteroatoms. The third-order valence-corrected chi connectivity index (χ3v) is 3.03. The summed E-state index contributed by atoms with van der Waals surface area (Å²) in [6.07, 6.45) is 1.28. The van der Waals surface area contributed by atoms with E-state index in [1.807, 2.05) is 6.92 Å². The van der Waals surface area contributed by atoms with Crippen molar-refractivity contribution in [2.45, 2.75) is 25.9 Å². The number of esters is 1. The van der Waals surface area contributed by atoms with E-state index < -0.39 is 5.97 Å². The van der Waals surface area contributed by atoms with Crippen LogP contribution in [0.1, 0.15) is 41.8 Å².